The van der Waals surface area contributed by atoms with E-state index >= 15 is 0 Å². The number of aromatic nitrogens is 1. The maximum Gasteiger partial charge on any atom is 0.320 e. The quantitative estimate of drug-likeness (QED) is 0.373. The number of benzene rings is 3. The Morgan fingerprint density at radius 1 is 1.13 bits per heavy atom. The molecule has 0 spiro atoms. The lowest BCUT2D eigenvalue weighted by Gasteiger charge is -2.09. The van der Waals surface area contributed by atoms with Crippen LogP contribution in [0.2, 0.25) is 0 Å². The molecule has 6 heteroatoms. The Morgan fingerprint density at radius 2 is 1.87 bits per heavy atom. The monoisotopic (exact) mass is 432 g/mol. The van der Waals surface area contributed by atoms with Crippen molar-refractivity contribution in [1.29, 1.82) is 0 Å². The molecule has 0 bridgehead atoms. The van der Waals surface area contributed by atoms with E-state index in [0.29, 0.717) is 18.7 Å². The highest BCUT2D eigenvalue weighted by Crippen LogP contribution is 2.35. The number of fused-ring (bicyclic) bond motifs is 1. The summed E-state index contributed by atoms with van der Waals surface area (Å²) in [5.74, 6) is -0.402. The van der Waals surface area contributed by atoms with Crippen molar-refractivity contribution in [3.63, 3.8) is 0 Å². The predicted octanol–water partition coefficient (Wildman–Crippen LogP) is 5.54. The molecule has 0 aliphatic carbocycles. The molecule has 0 aliphatic heterocycles. The van der Waals surface area contributed by atoms with E-state index in [0.717, 1.165) is 43.8 Å². The van der Waals surface area contributed by atoms with Gasteiger partial charge in [-0.05, 0) is 66.5 Å². The van der Waals surface area contributed by atoms with Crippen LogP contribution in [-0.2, 0) is 11.2 Å². The van der Waals surface area contributed by atoms with E-state index in [1.165, 1.54) is 0 Å². The molecule has 4 rings (SSSR count). The fraction of sp³-hybridized carbons (Fsp3) is 0.200. The molecule has 0 saturated carbocycles. The second kappa shape index (κ2) is 8.96. The minimum atomic E-state index is -0.982. The normalized spacial score (nSPS) is 12.2. The van der Waals surface area contributed by atoms with Gasteiger partial charge >= 0.3 is 5.97 Å². The number of aliphatic carboxylic acids is 1. The van der Waals surface area contributed by atoms with Crippen molar-refractivity contribution >= 4 is 28.8 Å². The van der Waals surface area contributed by atoms with E-state index in [4.69, 9.17) is 20.2 Å². The molecule has 0 radical (unpaired) electrons. The fourth-order valence-electron chi connectivity index (χ4n) is 3.73. The zero-order chi connectivity index (χ0) is 22.0. The van der Waals surface area contributed by atoms with Gasteiger partial charge in [-0.15, -0.1) is 11.8 Å². The van der Waals surface area contributed by atoms with E-state index in [1.54, 1.807) is 11.8 Å². The summed E-state index contributed by atoms with van der Waals surface area (Å²) < 4.78 is 6.14. The number of hydrogen-bond acceptors (Lipinski definition) is 5. The summed E-state index contributed by atoms with van der Waals surface area (Å²) in [6, 6.07) is 19.5. The van der Waals surface area contributed by atoms with Crippen LogP contribution in [0.1, 0.15) is 17.5 Å². The molecular formula is C25H24N2O3S. The summed E-state index contributed by atoms with van der Waals surface area (Å²) in [5.41, 5.74) is 12.6. The van der Waals surface area contributed by atoms with Crippen LogP contribution in [0.4, 0.5) is 0 Å². The molecule has 0 unspecified atom stereocenters. The summed E-state index contributed by atoms with van der Waals surface area (Å²) in [7, 11) is 0. The van der Waals surface area contributed by atoms with Crippen LogP contribution in [0.15, 0.2) is 70.0 Å². The summed E-state index contributed by atoms with van der Waals surface area (Å²) >= 11 is 1.60. The molecule has 31 heavy (non-hydrogen) atoms. The van der Waals surface area contributed by atoms with Crippen molar-refractivity contribution in [2.75, 3.05) is 6.26 Å². The Bertz CT molecular complexity index is 1230. The second-order valence-electron chi connectivity index (χ2n) is 7.48. The van der Waals surface area contributed by atoms with Crippen LogP contribution in [-0.4, -0.2) is 28.4 Å². The number of carbonyl (C=O) groups is 1. The van der Waals surface area contributed by atoms with Gasteiger partial charge in [-0.3, -0.25) is 4.79 Å². The Labute approximate surface area is 185 Å². The number of nitrogens with zero attached hydrogens (tertiary/aromatic N) is 1. The molecule has 1 aromatic heterocycles. The van der Waals surface area contributed by atoms with E-state index < -0.39 is 12.0 Å². The SMILES string of the molecule is CSc1cc2oc(-c3cccc(-c4ccccc4)c3C)nc2cc1CC[C@@H](N)C(=O)O. The number of hydrogen-bond donors (Lipinski definition) is 2. The van der Waals surface area contributed by atoms with E-state index in [1.807, 2.05) is 48.7 Å². The maximum absolute atomic E-state index is 11.1. The first kappa shape index (κ1) is 21.2. The molecule has 1 atom stereocenters. The van der Waals surface area contributed by atoms with Gasteiger partial charge in [0.05, 0.1) is 0 Å². The van der Waals surface area contributed by atoms with Gasteiger partial charge in [0.2, 0.25) is 5.89 Å². The first-order valence-corrected chi connectivity index (χ1v) is 11.3. The zero-order valence-electron chi connectivity index (χ0n) is 17.5. The highest BCUT2D eigenvalue weighted by Gasteiger charge is 2.17. The van der Waals surface area contributed by atoms with Crippen molar-refractivity contribution in [2.45, 2.75) is 30.7 Å². The maximum atomic E-state index is 11.1. The number of thioether (sulfide) groups is 1. The van der Waals surface area contributed by atoms with Crippen LogP contribution in [0.3, 0.4) is 0 Å². The molecule has 4 aromatic rings. The average molecular weight is 433 g/mol. The smallest absolute Gasteiger partial charge is 0.320 e. The first-order valence-electron chi connectivity index (χ1n) is 10.1. The topological polar surface area (TPSA) is 89.4 Å². The minimum absolute atomic E-state index is 0.372. The molecule has 3 aromatic carbocycles. The molecule has 0 saturated heterocycles. The van der Waals surface area contributed by atoms with Gasteiger partial charge < -0.3 is 15.3 Å². The molecule has 3 N–H and O–H groups in total. The van der Waals surface area contributed by atoms with E-state index in [-0.39, 0.29) is 0 Å². The van der Waals surface area contributed by atoms with Crippen molar-refractivity contribution in [3.05, 3.63) is 71.8 Å². The Kier molecular flexibility index (Phi) is 6.11. The third-order valence-electron chi connectivity index (χ3n) is 5.48. The van der Waals surface area contributed by atoms with Gasteiger partial charge in [-0.2, -0.15) is 0 Å². The Morgan fingerprint density at radius 3 is 2.58 bits per heavy atom. The van der Waals surface area contributed by atoms with Crippen LogP contribution < -0.4 is 5.73 Å². The van der Waals surface area contributed by atoms with Crippen molar-refractivity contribution in [3.8, 4) is 22.6 Å². The molecule has 158 valence electrons. The molecule has 0 amide bonds. The van der Waals surface area contributed by atoms with Gasteiger partial charge in [0.15, 0.2) is 5.58 Å². The zero-order valence-corrected chi connectivity index (χ0v) is 18.3. The average Bonchev–Trinajstić information content (AvgIpc) is 3.19. The molecular weight excluding hydrogens is 408 g/mol. The summed E-state index contributed by atoms with van der Waals surface area (Å²) in [6.45, 7) is 2.08. The van der Waals surface area contributed by atoms with Crippen LogP contribution >= 0.6 is 11.8 Å². The first-order chi connectivity index (χ1) is 15.0. The van der Waals surface area contributed by atoms with Gasteiger partial charge in [0, 0.05) is 10.5 Å². The van der Waals surface area contributed by atoms with Crippen LogP contribution in [0.5, 0.6) is 0 Å². The standard InChI is InChI=1S/C25H24N2O3S/c1-15-18(16-7-4-3-5-8-16)9-6-10-19(15)24-27-21-13-17(11-12-20(26)25(28)29)23(31-2)14-22(21)30-24/h3-10,13-14,20H,11-12,26H2,1-2H3,(H,28,29)/t20-/m1/s1. The number of aryl methyl sites for hydroxylation is 1. The van der Waals surface area contributed by atoms with Gasteiger partial charge in [-0.25, -0.2) is 4.98 Å². The molecule has 5 nitrogen and oxygen atoms in total. The summed E-state index contributed by atoms with van der Waals surface area (Å²) in [6.07, 6.45) is 2.94. The summed E-state index contributed by atoms with van der Waals surface area (Å²) in [4.78, 5) is 16.8. The minimum Gasteiger partial charge on any atom is -0.480 e. The van der Waals surface area contributed by atoms with Crippen LogP contribution in [0.25, 0.3) is 33.7 Å². The van der Waals surface area contributed by atoms with Crippen LogP contribution in [0, 0.1) is 6.92 Å². The van der Waals surface area contributed by atoms with Crippen molar-refractivity contribution < 1.29 is 14.3 Å². The molecule has 0 fully saturated rings. The Hall–Kier alpha value is -3.09. The third kappa shape index (κ3) is 4.36. The van der Waals surface area contributed by atoms with E-state index in [9.17, 15) is 4.79 Å². The van der Waals surface area contributed by atoms with Gasteiger partial charge in [-0.1, -0.05) is 42.5 Å². The second-order valence-corrected chi connectivity index (χ2v) is 8.33. The number of rotatable bonds is 7. The Balaban J connectivity index is 1.72. The molecule has 0 aliphatic rings. The lowest BCUT2D eigenvalue weighted by Crippen LogP contribution is -2.30. The number of nitrogens with two attached hydrogens (primary N) is 1. The predicted molar refractivity (Wildman–Crippen MR) is 125 cm³/mol. The lowest BCUT2D eigenvalue weighted by molar-refractivity contribution is -0.138. The van der Waals surface area contributed by atoms with Gasteiger partial charge in [0.25, 0.3) is 0 Å². The van der Waals surface area contributed by atoms with E-state index in [2.05, 4.69) is 25.1 Å². The van der Waals surface area contributed by atoms with Crippen molar-refractivity contribution in [2.24, 2.45) is 5.73 Å². The third-order valence-corrected chi connectivity index (χ3v) is 6.30. The summed E-state index contributed by atoms with van der Waals surface area (Å²) in [5, 5.41) is 9.06. The number of carboxylic acids is 1. The lowest BCUT2D eigenvalue weighted by atomic mass is 9.96. The highest BCUT2D eigenvalue weighted by molar-refractivity contribution is 7.98. The fourth-order valence-corrected chi connectivity index (χ4v) is 4.38. The number of carboxylic acid groups (broad SMARTS) is 1. The number of oxazole rings is 1. The largest absolute Gasteiger partial charge is 0.480 e. The van der Waals surface area contributed by atoms with Crippen molar-refractivity contribution in [1.82, 2.24) is 4.98 Å². The molecule has 1 heterocycles. The van der Waals surface area contributed by atoms with Gasteiger partial charge in [0.1, 0.15) is 11.6 Å². The highest BCUT2D eigenvalue weighted by atomic mass is 32.2.